The van der Waals surface area contributed by atoms with E-state index in [1.54, 1.807) is 44.2 Å². The Kier molecular flexibility index (Phi) is 7.95. The van der Waals surface area contributed by atoms with Crippen molar-refractivity contribution in [3.05, 3.63) is 65.2 Å². The molecule has 2 aromatic carbocycles. The molecule has 6 nitrogen and oxygen atoms in total. The first-order chi connectivity index (χ1) is 13.8. The Labute approximate surface area is 171 Å². The fraction of sp³-hybridized carbons (Fsp3) is 0.348. The number of ketones is 1. The van der Waals surface area contributed by atoms with Gasteiger partial charge in [-0.3, -0.25) is 9.59 Å². The molecule has 0 bridgehead atoms. The van der Waals surface area contributed by atoms with E-state index in [4.69, 9.17) is 9.47 Å². The lowest BCUT2D eigenvalue weighted by Crippen LogP contribution is -2.47. The van der Waals surface area contributed by atoms with Crippen molar-refractivity contribution in [3.63, 3.8) is 0 Å². The van der Waals surface area contributed by atoms with E-state index in [-0.39, 0.29) is 24.9 Å². The number of rotatable bonds is 9. The summed E-state index contributed by atoms with van der Waals surface area (Å²) in [6.45, 7) is 6.77. The van der Waals surface area contributed by atoms with Gasteiger partial charge in [0.2, 0.25) is 5.78 Å². The van der Waals surface area contributed by atoms with Gasteiger partial charge in [0, 0.05) is 5.56 Å². The molecule has 0 radical (unpaired) electrons. The lowest BCUT2D eigenvalue weighted by Gasteiger charge is -2.21. The Balaban J connectivity index is 1.89. The normalized spacial score (nSPS) is 11.6. The molecule has 1 atom stereocenters. The number of nitrogens with one attached hydrogen (secondary N) is 1. The van der Waals surface area contributed by atoms with Gasteiger partial charge in [0.1, 0.15) is 11.8 Å². The Morgan fingerprint density at radius 3 is 2.28 bits per heavy atom. The number of amides is 1. The minimum atomic E-state index is -0.867. The number of carbonyl (C=O) groups excluding carboxylic acids is 3. The summed E-state index contributed by atoms with van der Waals surface area (Å²) in [5, 5.41) is 2.62. The molecule has 0 aliphatic carbocycles. The van der Waals surface area contributed by atoms with E-state index in [1.807, 2.05) is 32.0 Å². The first kappa shape index (κ1) is 22.1. The predicted molar refractivity (Wildman–Crippen MR) is 110 cm³/mol. The van der Waals surface area contributed by atoms with Crippen LogP contribution in [0.25, 0.3) is 0 Å². The molecule has 0 heterocycles. The van der Waals surface area contributed by atoms with Gasteiger partial charge in [-0.15, -0.1) is 0 Å². The van der Waals surface area contributed by atoms with E-state index < -0.39 is 17.9 Å². The smallest absolute Gasteiger partial charge is 0.329 e. The lowest BCUT2D eigenvalue weighted by molar-refractivity contribution is -0.148. The second kappa shape index (κ2) is 10.4. The zero-order chi connectivity index (χ0) is 21.4. The van der Waals surface area contributed by atoms with Gasteiger partial charge in [-0.25, -0.2) is 4.79 Å². The third-order valence-electron chi connectivity index (χ3n) is 4.38. The lowest BCUT2D eigenvalue weighted by atomic mass is 10.0. The van der Waals surface area contributed by atoms with Crippen LogP contribution >= 0.6 is 0 Å². The van der Waals surface area contributed by atoms with Crippen molar-refractivity contribution in [2.75, 3.05) is 13.2 Å². The molecule has 2 aromatic rings. The Morgan fingerprint density at radius 1 is 0.966 bits per heavy atom. The number of carbonyl (C=O) groups is 3. The zero-order valence-corrected chi connectivity index (χ0v) is 17.2. The summed E-state index contributed by atoms with van der Waals surface area (Å²) in [6, 6.07) is 13.5. The maximum atomic E-state index is 12.4. The van der Waals surface area contributed by atoms with Crippen LogP contribution in [0.4, 0.5) is 0 Å². The van der Waals surface area contributed by atoms with Crippen LogP contribution in [0.15, 0.2) is 48.5 Å². The topological polar surface area (TPSA) is 81.7 Å². The number of hydrogen-bond donors (Lipinski definition) is 1. The van der Waals surface area contributed by atoms with Gasteiger partial charge in [0.05, 0.1) is 0 Å². The molecule has 154 valence electrons. The van der Waals surface area contributed by atoms with E-state index in [1.165, 1.54) is 0 Å². The van der Waals surface area contributed by atoms with Gasteiger partial charge >= 0.3 is 5.97 Å². The standard InChI is InChI=1S/C23H27NO5/c1-15(2)22(24-21(26)14-28-18-8-6-5-7-9-18)23(27)29-13-20(25)19-11-10-16(3)12-17(19)4/h5-12,15,22H,13-14H2,1-4H3,(H,24,26)/t22-/m0/s1. The molecule has 1 N–H and O–H groups in total. The highest BCUT2D eigenvalue weighted by Gasteiger charge is 2.26. The molecular formula is C23H27NO5. The predicted octanol–water partition coefficient (Wildman–Crippen LogP) is 3.25. The number of esters is 1. The van der Waals surface area contributed by atoms with E-state index in [9.17, 15) is 14.4 Å². The summed E-state index contributed by atoms with van der Waals surface area (Å²) in [7, 11) is 0. The summed E-state index contributed by atoms with van der Waals surface area (Å²) in [5.41, 5.74) is 2.40. The molecule has 0 aromatic heterocycles. The molecule has 1 amide bonds. The largest absolute Gasteiger partial charge is 0.484 e. The first-order valence-electron chi connectivity index (χ1n) is 9.52. The highest BCUT2D eigenvalue weighted by atomic mass is 16.5. The van der Waals surface area contributed by atoms with Gasteiger partial charge in [-0.1, -0.05) is 55.8 Å². The summed E-state index contributed by atoms with van der Waals surface area (Å²) in [5.74, 6) is -1.02. The molecule has 0 aliphatic rings. The summed E-state index contributed by atoms with van der Waals surface area (Å²) < 4.78 is 10.6. The van der Waals surface area contributed by atoms with Crippen LogP contribution in [-0.2, 0) is 14.3 Å². The summed E-state index contributed by atoms with van der Waals surface area (Å²) in [4.78, 5) is 37.0. The van der Waals surface area contributed by atoms with E-state index >= 15 is 0 Å². The SMILES string of the molecule is Cc1ccc(C(=O)COC(=O)[C@@H](NC(=O)COc2ccccc2)C(C)C)c(C)c1. The quantitative estimate of drug-likeness (QED) is 0.519. The monoisotopic (exact) mass is 397 g/mol. The summed E-state index contributed by atoms with van der Waals surface area (Å²) >= 11 is 0. The van der Waals surface area contributed by atoms with Crippen LogP contribution in [0.3, 0.4) is 0 Å². The molecule has 0 fully saturated rings. The zero-order valence-electron chi connectivity index (χ0n) is 17.2. The van der Waals surface area contributed by atoms with Gasteiger partial charge in [-0.05, 0) is 37.5 Å². The maximum absolute atomic E-state index is 12.4. The number of ether oxygens (including phenoxy) is 2. The minimum absolute atomic E-state index is 0.209. The van der Waals surface area contributed by atoms with Crippen LogP contribution in [0.2, 0.25) is 0 Å². The third-order valence-corrected chi connectivity index (χ3v) is 4.38. The molecule has 29 heavy (non-hydrogen) atoms. The number of para-hydroxylation sites is 1. The molecule has 0 aliphatic heterocycles. The van der Waals surface area contributed by atoms with Gasteiger partial charge in [0.25, 0.3) is 5.91 Å². The van der Waals surface area contributed by atoms with Crippen molar-refractivity contribution >= 4 is 17.7 Å². The number of benzene rings is 2. The Bertz CT molecular complexity index is 861. The van der Waals surface area contributed by atoms with Crippen LogP contribution < -0.4 is 10.1 Å². The second-order valence-electron chi connectivity index (χ2n) is 7.24. The fourth-order valence-corrected chi connectivity index (χ4v) is 2.81. The Morgan fingerprint density at radius 2 is 1.66 bits per heavy atom. The fourth-order valence-electron chi connectivity index (χ4n) is 2.81. The van der Waals surface area contributed by atoms with Gasteiger partial charge in [0.15, 0.2) is 13.2 Å². The number of aryl methyl sites for hydroxylation is 2. The van der Waals surface area contributed by atoms with Crippen LogP contribution in [0, 0.1) is 19.8 Å². The van der Waals surface area contributed by atoms with Crippen LogP contribution in [-0.4, -0.2) is 36.9 Å². The highest BCUT2D eigenvalue weighted by Crippen LogP contribution is 2.12. The van der Waals surface area contributed by atoms with Crippen LogP contribution in [0.1, 0.15) is 35.3 Å². The van der Waals surface area contributed by atoms with Gasteiger partial charge < -0.3 is 14.8 Å². The highest BCUT2D eigenvalue weighted by molar-refractivity contribution is 5.99. The van der Waals surface area contributed by atoms with Crippen molar-refractivity contribution in [2.24, 2.45) is 5.92 Å². The molecule has 0 saturated carbocycles. The molecule has 0 unspecified atom stereocenters. The number of hydrogen-bond acceptors (Lipinski definition) is 5. The first-order valence-corrected chi connectivity index (χ1v) is 9.52. The van der Waals surface area contributed by atoms with Crippen molar-refractivity contribution in [1.82, 2.24) is 5.32 Å². The van der Waals surface area contributed by atoms with Gasteiger partial charge in [-0.2, -0.15) is 0 Å². The molecule has 0 saturated heterocycles. The average Bonchev–Trinajstić information content (AvgIpc) is 2.69. The van der Waals surface area contributed by atoms with Crippen molar-refractivity contribution in [1.29, 1.82) is 0 Å². The van der Waals surface area contributed by atoms with E-state index in [0.717, 1.165) is 11.1 Å². The third kappa shape index (κ3) is 6.75. The molecule has 6 heteroatoms. The summed E-state index contributed by atoms with van der Waals surface area (Å²) in [6.07, 6.45) is 0. The van der Waals surface area contributed by atoms with E-state index in [2.05, 4.69) is 5.32 Å². The molecule has 2 rings (SSSR count). The number of Topliss-reactive ketones (excluding diaryl/α,β-unsaturated/α-hetero) is 1. The minimum Gasteiger partial charge on any atom is -0.484 e. The average molecular weight is 397 g/mol. The Hall–Kier alpha value is -3.15. The van der Waals surface area contributed by atoms with Crippen molar-refractivity contribution in [3.8, 4) is 5.75 Å². The second-order valence-corrected chi connectivity index (χ2v) is 7.24. The van der Waals surface area contributed by atoms with Crippen molar-refractivity contribution in [2.45, 2.75) is 33.7 Å². The molecule has 0 spiro atoms. The maximum Gasteiger partial charge on any atom is 0.329 e. The molecular weight excluding hydrogens is 370 g/mol. The van der Waals surface area contributed by atoms with E-state index in [0.29, 0.717) is 11.3 Å². The van der Waals surface area contributed by atoms with Crippen molar-refractivity contribution < 1.29 is 23.9 Å². The van der Waals surface area contributed by atoms with Crippen LogP contribution in [0.5, 0.6) is 5.75 Å².